The van der Waals surface area contributed by atoms with Gasteiger partial charge in [-0.15, -0.1) is 0 Å². The molecule has 0 radical (unpaired) electrons. The molecule has 0 fully saturated rings. The first kappa shape index (κ1) is 15.9. The van der Waals surface area contributed by atoms with Crippen LogP contribution in [0.4, 0.5) is 0 Å². The van der Waals surface area contributed by atoms with Gasteiger partial charge in [-0.2, -0.15) is 0 Å². The van der Waals surface area contributed by atoms with Crippen molar-refractivity contribution in [2.24, 2.45) is 0 Å². The molecule has 0 aliphatic rings. The average Bonchev–Trinajstić information content (AvgIpc) is 2.36. The van der Waals surface area contributed by atoms with Crippen molar-refractivity contribution in [3.05, 3.63) is 34.9 Å². The molecule has 0 bridgehead atoms. The Morgan fingerprint density at radius 2 is 2.11 bits per heavy atom. The van der Waals surface area contributed by atoms with Crippen LogP contribution in [0, 0.1) is 0 Å². The molecule has 1 amide bonds. The van der Waals surface area contributed by atoms with Gasteiger partial charge in [-0.25, -0.2) is 0 Å². The number of carbonyl (C=O) groups is 1. The normalized spacial score (nSPS) is 11.7. The summed E-state index contributed by atoms with van der Waals surface area (Å²) in [6, 6.07) is 7.16. The van der Waals surface area contributed by atoms with Gasteiger partial charge in [-0.1, -0.05) is 23.7 Å². The average molecular weight is 302 g/mol. The summed E-state index contributed by atoms with van der Waals surface area (Å²) in [6.07, 6.45) is -0.482. The van der Waals surface area contributed by atoms with Crippen molar-refractivity contribution >= 4 is 34.8 Å². The summed E-state index contributed by atoms with van der Waals surface area (Å²) in [5.41, 5.74) is 0.921. The Hall–Kier alpha value is -1.17. The number of hydrogen-bond donors (Lipinski definition) is 2. The number of aliphatic hydroxyl groups excluding tert-OH is 1. The van der Waals surface area contributed by atoms with Crippen molar-refractivity contribution in [2.75, 3.05) is 13.2 Å². The van der Waals surface area contributed by atoms with Gasteiger partial charge < -0.3 is 15.2 Å². The van der Waals surface area contributed by atoms with Gasteiger partial charge in [0.2, 0.25) is 5.91 Å². The SMILES string of the molecule is CC(=O)NCCOC(=S)C(O)Cc1ccc(Cl)cc1. The molecule has 19 heavy (non-hydrogen) atoms. The van der Waals surface area contributed by atoms with E-state index < -0.39 is 6.10 Å². The predicted octanol–water partition coefficient (Wildman–Crippen LogP) is 1.72. The molecule has 0 heterocycles. The second kappa shape index (κ2) is 8.09. The fourth-order valence-corrected chi connectivity index (χ4v) is 1.69. The fourth-order valence-electron chi connectivity index (χ4n) is 1.40. The first-order valence-corrected chi connectivity index (χ1v) is 6.61. The Bertz CT molecular complexity index is 436. The number of benzene rings is 1. The van der Waals surface area contributed by atoms with E-state index >= 15 is 0 Å². The minimum Gasteiger partial charge on any atom is -0.483 e. The van der Waals surface area contributed by atoms with E-state index in [1.165, 1.54) is 6.92 Å². The quantitative estimate of drug-likeness (QED) is 0.620. The highest BCUT2D eigenvalue weighted by molar-refractivity contribution is 7.80. The summed E-state index contributed by atoms with van der Waals surface area (Å²) in [5.74, 6) is -0.128. The molecule has 0 saturated carbocycles. The lowest BCUT2D eigenvalue weighted by molar-refractivity contribution is -0.119. The summed E-state index contributed by atoms with van der Waals surface area (Å²) in [6.45, 7) is 2.03. The summed E-state index contributed by atoms with van der Waals surface area (Å²) in [5, 5.41) is 13.2. The molecule has 0 saturated heterocycles. The van der Waals surface area contributed by atoms with Crippen molar-refractivity contribution in [1.82, 2.24) is 5.32 Å². The molecule has 2 N–H and O–H groups in total. The molecule has 4 nitrogen and oxygen atoms in total. The third-order valence-corrected chi connectivity index (χ3v) is 2.98. The van der Waals surface area contributed by atoms with E-state index in [1.807, 2.05) is 12.1 Å². The topological polar surface area (TPSA) is 58.6 Å². The van der Waals surface area contributed by atoms with Gasteiger partial charge in [-0.05, 0) is 29.9 Å². The molecule has 0 spiro atoms. The summed E-state index contributed by atoms with van der Waals surface area (Å²) >= 11 is 10.7. The van der Waals surface area contributed by atoms with Crippen LogP contribution in [0.5, 0.6) is 0 Å². The molecule has 1 rings (SSSR count). The minimum atomic E-state index is -0.853. The van der Waals surface area contributed by atoms with E-state index in [-0.39, 0.29) is 17.6 Å². The maximum absolute atomic E-state index is 10.6. The van der Waals surface area contributed by atoms with Crippen LogP contribution >= 0.6 is 23.8 Å². The second-order valence-electron chi connectivity index (χ2n) is 4.00. The first-order valence-electron chi connectivity index (χ1n) is 5.82. The highest BCUT2D eigenvalue weighted by Gasteiger charge is 2.13. The van der Waals surface area contributed by atoms with Gasteiger partial charge in [0.1, 0.15) is 12.7 Å². The van der Waals surface area contributed by atoms with Crippen LogP contribution in [0.25, 0.3) is 0 Å². The Labute approximate surface area is 122 Å². The number of hydrogen-bond acceptors (Lipinski definition) is 4. The Morgan fingerprint density at radius 1 is 1.47 bits per heavy atom. The van der Waals surface area contributed by atoms with Crippen LogP contribution in [0.1, 0.15) is 12.5 Å². The number of thiocarbonyl (C=S) groups is 1. The van der Waals surface area contributed by atoms with Crippen molar-refractivity contribution in [3.63, 3.8) is 0 Å². The lowest BCUT2D eigenvalue weighted by Crippen LogP contribution is -2.29. The Kier molecular flexibility index (Phi) is 6.77. The summed E-state index contributed by atoms with van der Waals surface area (Å²) in [7, 11) is 0. The number of nitrogens with one attached hydrogen (secondary N) is 1. The minimum absolute atomic E-state index is 0.125. The van der Waals surface area contributed by atoms with E-state index in [1.54, 1.807) is 12.1 Å². The number of ether oxygens (including phenoxy) is 1. The summed E-state index contributed by atoms with van der Waals surface area (Å²) < 4.78 is 5.19. The van der Waals surface area contributed by atoms with E-state index in [0.29, 0.717) is 18.0 Å². The molecule has 1 unspecified atom stereocenters. The van der Waals surface area contributed by atoms with Crippen LogP contribution in [-0.4, -0.2) is 35.3 Å². The van der Waals surface area contributed by atoms with E-state index in [4.69, 9.17) is 28.6 Å². The molecule has 0 aromatic heterocycles. The molecule has 1 aromatic carbocycles. The fraction of sp³-hybridized carbons (Fsp3) is 0.385. The van der Waals surface area contributed by atoms with E-state index in [9.17, 15) is 9.90 Å². The number of halogens is 1. The van der Waals surface area contributed by atoms with Crippen LogP contribution in [0.3, 0.4) is 0 Å². The molecule has 1 atom stereocenters. The van der Waals surface area contributed by atoms with Gasteiger partial charge >= 0.3 is 0 Å². The maximum Gasteiger partial charge on any atom is 0.216 e. The first-order chi connectivity index (χ1) is 8.99. The predicted molar refractivity (Wildman–Crippen MR) is 78.4 cm³/mol. The van der Waals surface area contributed by atoms with Gasteiger partial charge in [0, 0.05) is 18.4 Å². The zero-order valence-electron chi connectivity index (χ0n) is 10.6. The van der Waals surface area contributed by atoms with Gasteiger partial charge in [0.05, 0.1) is 6.54 Å². The molecule has 6 heteroatoms. The van der Waals surface area contributed by atoms with Crippen molar-refractivity contribution in [3.8, 4) is 0 Å². The molecular formula is C13H16ClNO3S. The van der Waals surface area contributed by atoms with E-state index in [0.717, 1.165) is 5.56 Å². The highest BCUT2D eigenvalue weighted by Crippen LogP contribution is 2.11. The molecule has 104 valence electrons. The van der Waals surface area contributed by atoms with Crippen LogP contribution < -0.4 is 5.32 Å². The van der Waals surface area contributed by atoms with Crippen molar-refractivity contribution < 1.29 is 14.6 Å². The van der Waals surface area contributed by atoms with Crippen LogP contribution in [-0.2, 0) is 16.0 Å². The van der Waals surface area contributed by atoms with Crippen LogP contribution in [0.15, 0.2) is 24.3 Å². The monoisotopic (exact) mass is 301 g/mol. The Balaban J connectivity index is 2.32. The second-order valence-corrected chi connectivity index (χ2v) is 4.84. The number of carbonyl (C=O) groups excluding carboxylic acids is 1. The maximum atomic E-state index is 10.6. The van der Waals surface area contributed by atoms with Gasteiger partial charge in [0.25, 0.3) is 0 Å². The highest BCUT2D eigenvalue weighted by atomic mass is 35.5. The van der Waals surface area contributed by atoms with Crippen molar-refractivity contribution in [2.45, 2.75) is 19.4 Å². The Morgan fingerprint density at radius 3 is 2.68 bits per heavy atom. The van der Waals surface area contributed by atoms with Crippen LogP contribution in [0.2, 0.25) is 5.02 Å². The molecule has 0 aliphatic heterocycles. The third kappa shape index (κ3) is 6.52. The number of rotatable bonds is 6. The van der Waals surface area contributed by atoms with Crippen molar-refractivity contribution in [1.29, 1.82) is 0 Å². The van der Waals surface area contributed by atoms with Gasteiger partial charge in [-0.3, -0.25) is 4.79 Å². The lowest BCUT2D eigenvalue weighted by atomic mass is 10.1. The standard InChI is InChI=1S/C13H16ClNO3S/c1-9(16)15-6-7-18-13(19)12(17)8-10-2-4-11(14)5-3-10/h2-5,12,17H,6-8H2,1H3,(H,15,16). The zero-order chi connectivity index (χ0) is 14.3. The summed E-state index contributed by atoms with van der Waals surface area (Å²) in [4.78, 5) is 10.6. The number of aliphatic hydroxyl groups is 1. The number of amides is 1. The van der Waals surface area contributed by atoms with E-state index in [2.05, 4.69) is 5.32 Å². The lowest BCUT2D eigenvalue weighted by Gasteiger charge is -2.13. The largest absolute Gasteiger partial charge is 0.483 e. The zero-order valence-corrected chi connectivity index (χ0v) is 12.1. The molecule has 1 aromatic rings. The molecular weight excluding hydrogens is 286 g/mol. The van der Waals surface area contributed by atoms with Gasteiger partial charge in [0.15, 0.2) is 5.05 Å². The smallest absolute Gasteiger partial charge is 0.216 e. The third-order valence-electron chi connectivity index (χ3n) is 2.33. The molecule has 0 aliphatic carbocycles.